The van der Waals surface area contributed by atoms with E-state index in [-0.39, 0.29) is 29.5 Å². The number of aryl methyl sites for hydroxylation is 2. The van der Waals surface area contributed by atoms with Crippen LogP contribution in [0, 0.1) is 17.2 Å². The van der Waals surface area contributed by atoms with Gasteiger partial charge in [0.1, 0.15) is 5.84 Å². The molecule has 0 aliphatic heterocycles. The third kappa shape index (κ3) is 12.2. The van der Waals surface area contributed by atoms with E-state index in [9.17, 15) is 23.2 Å². The molecule has 2 aromatic carbocycles. The van der Waals surface area contributed by atoms with Crippen LogP contribution >= 0.6 is 0 Å². The minimum absolute atomic E-state index is 0.0134. The molecule has 10 heteroatoms. The average molecular weight is 662 g/mol. The SMILES string of the molecule is N=C(N)c1ccc(CCC(=O)[C@H](CCC2CCCCC2)NC(=O)[C@@H](CCCc2cc[n+](O)cc2)CS(=O)(=O)Cc2ccccc2)cc1. The number of amides is 1. The van der Waals surface area contributed by atoms with Crippen molar-refractivity contribution in [3.63, 3.8) is 0 Å². The molecule has 0 radical (unpaired) electrons. The van der Waals surface area contributed by atoms with E-state index in [1.807, 2.05) is 18.2 Å². The smallest absolute Gasteiger partial charge is 0.224 e. The van der Waals surface area contributed by atoms with Crippen LogP contribution < -0.4 is 15.8 Å². The van der Waals surface area contributed by atoms with Gasteiger partial charge in [0.05, 0.1) is 23.5 Å². The number of amidine groups is 1. The van der Waals surface area contributed by atoms with Crippen molar-refractivity contribution < 1.29 is 27.9 Å². The second-order valence-corrected chi connectivity index (χ2v) is 15.0. The molecule has 9 nitrogen and oxygen atoms in total. The molecule has 2 atom stereocenters. The normalized spacial score (nSPS) is 15.1. The van der Waals surface area contributed by atoms with Crippen molar-refractivity contribution in [3.8, 4) is 0 Å². The summed E-state index contributed by atoms with van der Waals surface area (Å²) < 4.78 is 27.7. The summed E-state index contributed by atoms with van der Waals surface area (Å²) in [5.41, 5.74) is 8.78. The maximum atomic E-state index is 13.9. The number of nitrogens with zero attached hydrogens (tertiary/aromatic N) is 1. The van der Waals surface area contributed by atoms with Crippen molar-refractivity contribution in [3.05, 3.63) is 101 Å². The lowest BCUT2D eigenvalue weighted by molar-refractivity contribution is -0.904. The Labute approximate surface area is 279 Å². The van der Waals surface area contributed by atoms with Crippen molar-refractivity contribution in [2.24, 2.45) is 17.6 Å². The Kier molecular flexibility index (Phi) is 13.5. The average Bonchev–Trinajstić information content (AvgIpc) is 3.06. The Morgan fingerprint density at radius 1 is 0.894 bits per heavy atom. The van der Waals surface area contributed by atoms with Crippen LogP contribution in [-0.4, -0.2) is 42.9 Å². The molecule has 0 bridgehead atoms. The molecule has 1 heterocycles. The Morgan fingerprint density at radius 2 is 1.55 bits per heavy atom. The molecule has 252 valence electrons. The summed E-state index contributed by atoms with van der Waals surface area (Å²) in [5.74, 6) is -1.20. The van der Waals surface area contributed by atoms with Gasteiger partial charge in [-0.1, -0.05) is 86.7 Å². The maximum Gasteiger partial charge on any atom is 0.224 e. The number of carbonyl (C=O) groups excluding carboxylic acids is 2. The van der Waals surface area contributed by atoms with Gasteiger partial charge >= 0.3 is 0 Å². The topological polar surface area (TPSA) is 154 Å². The Balaban J connectivity index is 1.47. The van der Waals surface area contributed by atoms with E-state index < -0.39 is 27.7 Å². The van der Waals surface area contributed by atoms with Crippen LogP contribution in [0.5, 0.6) is 0 Å². The Morgan fingerprint density at radius 3 is 2.21 bits per heavy atom. The fraction of sp³-hybridized carbons (Fsp3) is 0.459. The molecular weight excluding hydrogens is 612 g/mol. The molecule has 1 saturated carbocycles. The number of nitrogens with two attached hydrogens (primary N) is 1. The van der Waals surface area contributed by atoms with Gasteiger partial charge in [-0.05, 0) is 61.1 Å². The molecule has 5 N–H and O–H groups in total. The molecule has 47 heavy (non-hydrogen) atoms. The molecule has 0 spiro atoms. The van der Waals surface area contributed by atoms with Gasteiger partial charge in [0, 0.05) is 28.8 Å². The molecule has 3 aromatic rings. The third-order valence-electron chi connectivity index (χ3n) is 9.17. The van der Waals surface area contributed by atoms with Gasteiger partial charge in [-0.2, -0.15) is 0 Å². The molecule has 1 fully saturated rings. The highest BCUT2D eigenvalue weighted by atomic mass is 32.2. The first kappa shape index (κ1) is 35.8. The minimum atomic E-state index is -3.63. The fourth-order valence-corrected chi connectivity index (χ4v) is 8.18. The van der Waals surface area contributed by atoms with Gasteiger partial charge < -0.3 is 11.1 Å². The lowest BCUT2D eigenvalue weighted by atomic mass is 9.84. The van der Waals surface area contributed by atoms with E-state index in [2.05, 4.69) is 5.32 Å². The lowest BCUT2D eigenvalue weighted by Gasteiger charge is -2.26. The first-order valence-electron chi connectivity index (χ1n) is 16.8. The summed E-state index contributed by atoms with van der Waals surface area (Å²) in [4.78, 5) is 27.6. The van der Waals surface area contributed by atoms with Gasteiger partial charge in [0.15, 0.2) is 15.6 Å². The number of hydrogen-bond donors (Lipinski definition) is 4. The van der Waals surface area contributed by atoms with Crippen molar-refractivity contribution >= 4 is 27.4 Å². The van der Waals surface area contributed by atoms with Crippen molar-refractivity contribution in [2.75, 3.05) is 5.75 Å². The number of aromatic nitrogens is 1. The Hall–Kier alpha value is -4.05. The number of sulfone groups is 1. The number of nitrogens with one attached hydrogen (secondary N) is 2. The summed E-state index contributed by atoms with van der Waals surface area (Å²) >= 11 is 0. The van der Waals surface area contributed by atoms with E-state index in [4.69, 9.17) is 11.1 Å². The second-order valence-electron chi connectivity index (χ2n) is 12.9. The summed E-state index contributed by atoms with van der Waals surface area (Å²) in [6, 6.07) is 19.1. The van der Waals surface area contributed by atoms with Gasteiger partial charge in [-0.25, -0.2) is 8.42 Å². The summed E-state index contributed by atoms with van der Waals surface area (Å²) in [7, 11) is -3.63. The molecule has 1 aliphatic rings. The highest BCUT2D eigenvalue weighted by Crippen LogP contribution is 2.28. The maximum absolute atomic E-state index is 13.9. The van der Waals surface area contributed by atoms with E-state index in [0.717, 1.165) is 35.1 Å². The number of hydrogen-bond acceptors (Lipinski definition) is 6. The van der Waals surface area contributed by atoms with Gasteiger partial charge in [0.25, 0.3) is 0 Å². The van der Waals surface area contributed by atoms with Gasteiger partial charge in [-0.15, -0.1) is 0 Å². The number of rotatable bonds is 18. The highest BCUT2D eigenvalue weighted by molar-refractivity contribution is 7.90. The predicted molar refractivity (Wildman–Crippen MR) is 183 cm³/mol. The molecule has 0 saturated heterocycles. The van der Waals surface area contributed by atoms with Crippen LogP contribution in [-0.2, 0) is 38.0 Å². The number of carbonyl (C=O) groups is 2. The van der Waals surface area contributed by atoms with Gasteiger partial charge in [-0.3, -0.25) is 20.2 Å². The zero-order valence-corrected chi connectivity index (χ0v) is 28.0. The number of nitrogen functional groups attached to an aromatic ring is 1. The fourth-order valence-electron chi connectivity index (χ4n) is 6.43. The van der Waals surface area contributed by atoms with Crippen molar-refractivity contribution in [1.82, 2.24) is 5.32 Å². The molecule has 0 unspecified atom stereocenters. The molecular formula is C37H49N4O5S+. The number of Topliss-reactive ketones (excluding diaryl/α,β-unsaturated/α-hetero) is 1. The van der Waals surface area contributed by atoms with E-state index >= 15 is 0 Å². The van der Waals surface area contributed by atoms with Crippen LogP contribution in [0.25, 0.3) is 0 Å². The zero-order chi connectivity index (χ0) is 33.6. The summed E-state index contributed by atoms with van der Waals surface area (Å²) in [6.07, 6.45) is 12.6. The zero-order valence-electron chi connectivity index (χ0n) is 27.2. The summed E-state index contributed by atoms with van der Waals surface area (Å²) in [6.45, 7) is 0. The Bertz CT molecular complexity index is 1550. The lowest BCUT2D eigenvalue weighted by Crippen LogP contribution is -2.45. The van der Waals surface area contributed by atoms with Crippen molar-refractivity contribution in [1.29, 1.82) is 5.41 Å². The van der Waals surface area contributed by atoms with Crippen LogP contribution in [0.4, 0.5) is 0 Å². The van der Waals surface area contributed by atoms with E-state index in [1.54, 1.807) is 48.5 Å². The first-order chi connectivity index (χ1) is 22.6. The standard InChI is InChI=1S/C37H48N4O5S/c38-36(39)32-18-14-30(15-19-32)17-21-35(42)34(20-16-28-8-3-1-4-9-28)40-37(43)33(13-7-12-29-22-24-41(44)25-23-29)27-47(45,46)26-31-10-5-2-6-11-31/h2,5-6,10-11,14-15,18-19,22-25,28,33-34H,1,3-4,7-9,12-13,16-17,20-21,26-27H2,(H4-,38,39,40,43,44)/p+1/t33-,34-/m0/s1. The van der Waals surface area contributed by atoms with E-state index in [1.165, 1.54) is 31.7 Å². The molecule has 1 amide bonds. The van der Waals surface area contributed by atoms with Crippen LogP contribution in [0.1, 0.15) is 86.5 Å². The van der Waals surface area contributed by atoms with Crippen LogP contribution in [0.3, 0.4) is 0 Å². The van der Waals surface area contributed by atoms with Crippen LogP contribution in [0.15, 0.2) is 79.1 Å². The molecule has 1 aliphatic carbocycles. The minimum Gasteiger partial charge on any atom is -0.384 e. The first-order valence-corrected chi connectivity index (χ1v) is 18.6. The number of benzene rings is 2. The predicted octanol–water partition coefficient (Wildman–Crippen LogP) is 5.10. The summed E-state index contributed by atoms with van der Waals surface area (Å²) in [5, 5.41) is 20.2. The highest BCUT2D eigenvalue weighted by Gasteiger charge is 2.30. The van der Waals surface area contributed by atoms with Gasteiger partial charge in [0.2, 0.25) is 18.3 Å². The molecule has 1 aromatic heterocycles. The second kappa shape index (κ2) is 17.8. The molecule has 4 rings (SSSR count). The van der Waals surface area contributed by atoms with E-state index in [0.29, 0.717) is 49.1 Å². The van der Waals surface area contributed by atoms with Crippen molar-refractivity contribution in [2.45, 2.75) is 88.8 Å². The monoisotopic (exact) mass is 661 g/mol. The number of ketones is 1. The third-order valence-corrected chi connectivity index (χ3v) is 10.9. The van der Waals surface area contributed by atoms with Crippen LogP contribution in [0.2, 0.25) is 0 Å². The largest absolute Gasteiger partial charge is 0.384 e. The number of pyridine rings is 1. The quantitative estimate of drug-likeness (QED) is 0.0644.